The molecule has 0 unspecified atom stereocenters. The van der Waals surface area contributed by atoms with E-state index in [1.54, 1.807) is 11.3 Å². The predicted octanol–water partition coefficient (Wildman–Crippen LogP) is 4.29. The van der Waals surface area contributed by atoms with Crippen LogP contribution in [0.25, 0.3) is 0 Å². The van der Waals surface area contributed by atoms with Crippen LogP contribution in [0.1, 0.15) is 31.0 Å². The van der Waals surface area contributed by atoms with E-state index in [0.29, 0.717) is 12.6 Å². The fourth-order valence-corrected chi connectivity index (χ4v) is 3.88. The Hall–Kier alpha value is -1.14. The molecular formula is C19H26ClN3OS. The second kappa shape index (κ2) is 8.99. The number of thiazole rings is 1. The molecule has 2 aromatic rings. The van der Waals surface area contributed by atoms with Crippen molar-refractivity contribution in [3.63, 3.8) is 0 Å². The second-order valence-electron chi connectivity index (χ2n) is 6.73. The van der Waals surface area contributed by atoms with Crippen molar-refractivity contribution in [2.24, 2.45) is 0 Å². The monoisotopic (exact) mass is 379 g/mol. The largest absolute Gasteiger partial charge is 0.486 e. The van der Waals surface area contributed by atoms with Crippen LogP contribution < -0.4 is 4.74 Å². The number of rotatable bonds is 6. The fraction of sp³-hybridized carbons (Fsp3) is 0.526. The van der Waals surface area contributed by atoms with Gasteiger partial charge in [0.05, 0.1) is 5.69 Å². The third kappa shape index (κ3) is 5.68. The summed E-state index contributed by atoms with van der Waals surface area (Å²) in [6.45, 7) is 10.6. The summed E-state index contributed by atoms with van der Waals surface area (Å²) in [5.41, 5.74) is 1.15. The van der Waals surface area contributed by atoms with E-state index in [9.17, 15) is 0 Å². The van der Waals surface area contributed by atoms with Crippen LogP contribution in [-0.2, 0) is 13.2 Å². The van der Waals surface area contributed by atoms with Gasteiger partial charge in [0.1, 0.15) is 17.4 Å². The molecule has 0 spiro atoms. The van der Waals surface area contributed by atoms with E-state index in [4.69, 9.17) is 21.3 Å². The average molecular weight is 380 g/mol. The Morgan fingerprint density at radius 3 is 2.72 bits per heavy atom. The Bertz CT molecular complexity index is 659. The quantitative estimate of drug-likeness (QED) is 0.748. The second-order valence-corrected chi connectivity index (χ2v) is 8.11. The Morgan fingerprint density at radius 2 is 1.96 bits per heavy atom. The summed E-state index contributed by atoms with van der Waals surface area (Å²) >= 11 is 7.56. The van der Waals surface area contributed by atoms with Gasteiger partial charge in [-0.2, -0.15) is 0 Å². The van der Waals surface area contributed by atoms with Crippen molar-refractivity contribution in [1.82, 2.24) is 14.8 Å². The molecule has 1 aromatic heterocycles. The summed E-state index contributed by atoms with van der Waals surface area (Å²) in [4.78, 5) is 9.81. The van der Waals surface area contributed by atoms with Gasteiger partial charge in [-0.3, -0.25) is 9.80 Å². The van der Waals surface area contributed by atoms with Crippen molar-refractivity contribution in [2.45, 2.75) is 39.5 Å². The molecule has 1 aliphatic rings. The highest BCUT2D eigenvalue weighted by atomic mass is 35.5. The lowest BCUT2D eigenvalue weighted by atomic mass is 10.3. The first kappa shape index (κ1) is 18.6. The Labute approximate surface area is 159 Å². The zero-order valence-corrected chi connectivity index (χ0v) is 16.5. The van der Waals surface area contributed by atoms with Gasteiger partial charge in [0.25, 0.3) is 0 Å². The molecule has 0 bridgehead atoms. The highest BCUT2D eigenvalue weighted by Gasteiger charge is 2.17. The molecule has 1 fully saturated rings. The van der Waals surface area contributed by atoms with Crippen LogP contribution in [0.4, 0.5) is 0 Å². The summed E-state index contributed by atoms with van der Waals surface area (Å²) in [5.74, 6) is 0.822. The number of benzene rings is 1. The number of aromatic nitrogens is 1. The molecule has 0 atom stereocenters. The molecule has 1 aliphatic heterocycles. The number of halogens is 1. The molecule has 4 nitrogen and oxygen atoms in total. The van der Waals surface area contributed by atoms with Crippen LogP contribution in [0, 0.1) is 0 Å². The van der Waals surface area contributed by atoms with Crippen molar-refractivity contribution >= 4 is 22.9 Å². The van der Waals surface area contributed by atoms with Gasteiger partial charge in [-0.25, -0.2) is 4.98 Å². The number of ether oxygens (including phenoxy) is 1. The van der Waals surface area contributed by atoms with Crippen molar-refractivity contribution < 1.29 is 4.74 Å². The number of hydrogen-bond donors (Lipinski definition) is 0. The van der Waals surface area contributed by atoms with E-state index in [-0.39, 0.29) is 0 Å². The van der Waals surface area contributed by atoms with Crippen LogP contribution in [0.2, 0.25) is 5.02 Å². The van der Waals surface area contributed by atoms with Crippen LogP contribution in [0.3, 0.4) is 0 Å². The van der Waals surface area contributed by atoms with Crippen molar-refractivity contribution in [1.29, 1.82) is 0 Å². The summed E-state index contributed by atoms with van der Waals surface area (Å²) in [6.07, 6.45) is 1.23. The topological polar surface area (TPSA) is 28.6 Å². The van der Waals surface area contributed by atoms with E-state index in [0.717, 1.165) is 47.7 Å². The van der Waals surface area contributed by atoms with Gasteiger partial charge >= 0.3 is 0 Å². The summed E-state index contributed by atoms with van der Waals surface area (Å²) < 4.78 is 5.78. The average Bonchev–Trinajstić information content (AvgIpc) is 2.90. The third-order valence-electron chi connectivity index (χ3n) is 4.51. The molecule has 0 N–H and O–H groups in total. The predicted molar refractivity (Wildman–Crippen MR) is 105 cm³/mol. The molecule has 1 aromatic carbocycles. The van der Waals surface area contributed by atoms with E-state index in [2.05, 4.69) is 29.0 Å². The molecule has 136 valence electrons. The van der Waals surface area contributed by atoms with Crippen molar-refractivity contribution in [3.8, 4) is 5.75 Å². The van der Waals surface area contributed by atoms with E-state index >= 15 is 0 Å². The van der Waals surface area contributed by atoms with Crippen molar-refractivity contribution in [2.75, 3.05) is 26.2 Å². The first-order chi connectivity index (χ1) is 12.1. The Balaban J connectivity index is 1.49. The summed E-state index contributed by atoms with van der Waals surface area (Å²) in [5, 5.41) is 3.90. The Morgan fingerprint density at radius 1 is 1.16 bits per heavy atom. The summed E-state index contributed by atoms with van der Waals surface area (Å²) in [6, 6.07) is 8.08. The third-order valence-corrected chi connectivity index (χ3v) is 5.64. The lowest BCUT2D eigenvalue weighted by Gasteiger charge is -2.24. The van der Waals surface area contributed by atoms with Crippen molar-refractivity contribution in [3.05, 3.63) is 45.4 Å². The van der Waals surface area contributed by atoms with E-state index in [1.807, 2.05) is 24.3 Å². The van der Waals surface area contributed by atoms with Crippen LogP contribution in [0.15, 0.2) is 29.6 Å². The first-order valence-electron chi connectivity index (χ1n) is 8.88. The molecule has 3 rings (SSSR count). The minimum absolute atomic E-state index is 0.507. The maximum Gasteiger partial charge on any atom is 0.140 e. The van der Waals surface area contributed by atoms with Gasteiger partial charge in [-0.05, 0) is 57.6 Å². The van der Waals surface area contributed by atoms with Gasteiger partial charge < -0.3 is 4.74 Å². The standard InChI is InChI=1S/C19H26ClN3OS/c1-15(2)23-9-3-8-22(10-11-23)12-17-14-25-19(21-17)13-24-18-6-4-16(20)5-7-18/h4-7,14-15H,3,8-13H2,1-2H3. The molecule has 0 aliphatic carbocycles. The van der Waals surface area contributed by atoms with Gasteiger partial charge in [-0.15, -0.1) is 11.3 Å². The van der Waals surface area contributed by atoms with Crippen LogP contribution in [0.5, 0.6) is 5.75 Å². The lowest BCUT2D eigenvalue weighted by Crippen LogP contribution is -2.35. The van der Waals surface area contributed by atoms with Gasteiger partial charge in [-0.1, -0.05) is 11.6 Å². The smallest absolute Gasteiger partial charge is 0.140 e. The highest BCUT2D eigenvalue weighted by Crippen LogP contribution is 2.19. The summed E-state index contributed by atoms with van der Waals surface area (Å²) in [7, 11) is 0. The normalized spacial score (nSPS) is 17.0. The zero-order valence-electron chi connectivity index (χ0n) is 14.9. The minimum atomic E-state index is 0.507. The molecule has 0 saturated carbocycles. The van der Waals surface area contributed by atoms with Crippen LogP contribution >= 0.6 is 22.9 Å². The van der Waals surface area contributed by atoms with E-state index in [1.165, 1.54) is 13.0 Å². The van der Waals surface area contributed by atoms with Gasteiger partial charge in [0.15, 0.2) is 0 Å². The molecule has 0 amide bonds. The molecule has 6 heteroatoms. The molecule has 0 radical (unpaired) electrons. The van der Waals surface area contributed by atoms with Gasteiger partial charge in [0.2, 0.25) is 0 Å². The SMILES string of the molecule is CC(C)N1CCCN(Cc2csc(COc3ccc(Cl)cc3)n2)CC1. The number of hydrogen-bond acceptors (Lipinski definition) is 5. The lowest BCUT2D eigenvalue weighted by molar-refractivity contribution is 0.217. The maximum absolute atomic E-state index is 5.89. The van der Waals surface area contributed by atoms with Crippen LogP contribution in [-0.4, -0.2) is 47.0 Å². The number of nitrogens with zero attached hydrogens (tertiary/aromatic N) is 3. The fourth-order valence-electron chi connectivity index (χ4n) is 3.06. The molecule has 25 heavy (non-hydrogen) atoms. The molecular weight excluding hydrogens is 354 g/mol. The first-order valence-corrected chi connectivity index (χ1v) is 10.1. The minimum Gasteiger partial charge on any atom is -0.486 e. The zero-order chi connectivity index (χ0) is 17.6. The Kier molecular flexibility index (Phi) is 6.70. The maximum atomic E-state index is 5.89. The van der Waals surface area contributed by atoms with E-state index < -0.39 is 0 Å². The molecule has 1 saturated heterocycles. The van der Waals surface area contributed by atoms with Gasteiger partial charge in [0, 0.05) is 36.1 Å². The molecule has 2 heterocycles. The highest BCUT2D eigenvalue weighted by molar-refractivity contribution is 7.09.